The van der Waals surface area contributed by atoms with E-state index in [1.165, 1.54) is 5.56 Å². The number of rotatable bonds is 4. The summed E-state index contributed by atoms with van der Waals surface area (Å²) in [4.78, 5) is 52.3. The second-order valence-corrected chi connectivity index (χ2v) is 9.57. The third-order valence-electron chi connectivity index (χ3n) is 6.39. The van der Waals surface area contributed by atoms with Gasteiger partial charge in [0.25, 0.3) is 0 Å². The van der Waals surface area contributed by atoms with Crippen LogP contribution in [0.1, 0.15) is 36.9 Å². The summed E-state index contributed by atoms with van der Waals surface area (Å²) >= 11 is 0. The summed E-state index contributed by atoms with van der Waals surface area (Å²) < 4.78 is 95.2. The molecule has 3 N–H and O–H groups in total. The zero-order chi connectivity index (χ0) is 35.3. The second kappa shape index (κ2) is 16.7. The van der Waals surface area contributed by atoms with Gasteiger partial charge in [-0.2, -0.15) is 39.5 Å². The number of pyridine rings is 2. The maximum Gasteiger partial charge on any atom is 0.490 e. The average Bonchev–Trinajstić information content (AvgIpc) is 3.25. The average molecular weight is 679 g/mol. The standard InChI is InChI=1S/C20H24N4O.3C2HF3O2/c25-19-4-7-20(24(19)15-17-5-11-21-12-6-17)8-13-23(14-9-20)16-18-3-1-2-10-22-18;3*3-2(4,5)1(6)7/h1-3,5-6,10-12H,4,7-9,13-16H2;3*(H,6,7). The van der Waals surface area contributed by atoms with Gasteiger partial charge in [0.05, 0.1) is 5.69 Å². The number of hydrogen-bond donors (Lipinski definition) is 3. The molecule has 0 unspecified atom stereocenters. The SMILES string of the molecule is O=C(O)C(F)(F)F.O=C(O)C(F)(F)F.O=C(O)C(F)(F)F.O=C1CCC2(CCN(Cc3ccccn3)CC2)N1Cc1ccncc1. The van der Waals surface area contributed by atoms with Gasteiger partial charge in [-0.15, -0.1) is 0 Å². The molecular weight excluding hydrogens is 651 g/mol. The molecule has 20 heteroatoms. The lowest BCUT2D eigenvalue weighted by Gasteiger charge is -2.45. The van der Waals surface area contributed by atoms with Crippen molar-refractivity contribution in [1.82, 2.24) is 19.8 Å². The summed E-state index contributed by atoms with van der Waals surface area (Å²) in [6, 6.07) is 10.1. The molecule has 0 radical (unpaired) electrons. The van der Waals surface area contributed by atoms with Crippen molar-refractivity contribution in [2.75, 3.05) is 13.1 Å². The van der Waals surface area contributed by atoms with Gasteiger partial charge in [-0.1, -0.05) is 6.07 Å². The van der Waals surface area contributed by atoms with E-state index >= 15 is 0 Å². The number of carboxylic acids is 3. The van der Waals surface area contributed by atoms with Crippen LogP contribution in [0, 0.1) is 0 Å². The Kier molecular flexibility index (Phi) is 14.4. The second-order valence-electron chi connectivity index (χ2n) is 9.57. The quantitative estimate of drug-likeness (QED) is 0.392. The number of piperidine rings is 1. The van der Waals surface area contributed by atoms with Crippen molar-refractivity contribution >= 4 is 23.8 Å². The van der Waals surface area contributed by atoms with E-state index in [-0.39, 0.29) is 5.54 Å². The van der Waals surface area contributed by atoms with Gasteiger partial charge in [-0.3, -0.25) is 19.7 Å². The first-order valence-electron chi connectivity index (χ1n) is 12.8. The number of nitrogens with zero attached hydrogens (tertiary/aromatic N) is 4. The Morgan fingerprint density at radius 2 is 1.17 bits per heavy atom. The Morgan fingerprint density at radius 3 is 1.57 bits per heavy atom. The summed E-state index contributed by atoms with van der Waals surface area (Å²) in [5.74, 6) is -7.97. The normalized spacial score (nSPS) is 16.2. The van der Waals surface area contributed by atoms with Crippen LogP contribution < -0.4 is 0 Å². The lowest BCUT2D eigenvalue weighted by molar-refractivity contribution is -0.193. The largest absolute Gasteiger partial charge is 0.490 e. The third kappa shape index (κ3) is 13.7. The molecule has 2 saturated heterocycles. The number of aliphatic carboxylic acids is 3. The number of carbonyl (C=O) groups is 4. The van der Waals surface area contributed by atoms with Crippen molar-refractivity contribution in [1.29, 1.82) is 0 Å². The van der Waals surface area contributed by atoms with E-state index in [0.29, 0.717) is 18.9 Å². The summed E-state index contributed by atoms with van der Waals surface area (Å²) in [5, 5.41) is 21.4. The predicted octanol–water partition coefficient (Wildman–Crippen LogP) is 4.53. The maximum atomic E-state index is 12.5. The van der Waals surface area contributed by atoms with Gasteiger partial charge in [0.15, 0.2) is 0 Å². The number of halogens is 9. The molecule has 0 aliphatic carbocycles. The molecule has 2 aliphatic rings. The molecule has 2 aromatic rings. The van der Waals surface area contributed by atoms with Crippen molar-refractivity contribution in [3.63, 3.8) is 0 Å². The molecule has 2 fully saturated rings. The van der Waals surface area contributed by atoms with Crippen LogP contribution in [0.25, 0.3) is 0 Å². The fourth-order valence-electron chi connectivity index (χ4n) is 4.17. The number of carbonyl (C=O) groups excluding carboxylic acids is 1. The highest BCUT2D eigenvalue weighted by Gasteiger charge is 2.46. The minimum absolute atomic E-state index is 0.0426. The van der Waals surface area contributed by atoms with Crippen LogP contribution in [0.4, 0.5) is 39.5 Å². The molecule has 1 spiro atoms. The van der Waals surface area contributed by atoms with E-state index in [1.807, 2.05) is 30.5 Å². The van der Waals surface area contributed by atoms with Crippen LogP contribution in [-0.2, 0) is 32.3 Å². The van der Waals surface area contributed by atoms with Crippen LogP contribution in [-0.4, -0.2) is 96.1 Å². The molecule has 4 heterocycles. The van der Waals surface area contributed by atoms with Crippen LogP contribution in [0.15, 0.2) is 48.9 Å². The molecule has 11 nitrogen and oxygen atoms in total. The highest BCUT2D eigenvalue weighted by Crippen LogP contribution is 2.40. The molecule has 46 heavy (non-hydrogen) atoms. The molecule has 256 valence electrons. The molecule has 0 bridgehead atoms. The number of aromatic nitrogens is 2. The van der Waals surface area contributed by atoms with E-state index in [2.05, 4.69) is 25.8 Å². The summed E-state index contributed by atoms with van der Waals surface area (Å²) in [7, 11) is 0. The van der Waals surface area contributed by atoms with Crippen molar-refractivity contribution < 1.29 is 74.0 Å². The number of likely N-dealkylation sites (tertiary alicyclic amines) is 2. The van der Waals surface area contributed by atoms with Crippen LogP contribution >= 0.6 is 0 Å². The topological polar surface area (TPSA) is 161 Å². The van der Waals surface area contributed by atoms with Crippen molar-refractivity contribution in [2.24, 2.45) is 0 Å². The van der Waals surface area contributed by atoms with E-state index in [1.54, 1.807) is 12.4 Å². The number of carboxylic acid groups (broad SMARTS) is 3. The first kappa shape index (κ1) is 39.5. The maximum absolute atomic E-state index is 12.5. The highest BCUT2D eigenvalue weighted by atomic mass is 19.4. The molecule has 2 aromatic heterocycles. The zero-order valence-electron chi connectivity index (χ0n) is 23.4. The van der Waals surface area contributed by atoms with Gasteiger partial charge in [-0.05, 0) is 49.1 Å². The minimum Gasteiger partial charge on any atom is -0.475 e. The fraction of sp³-hybridized carbons (Fsp3) is 0.462. The van der Waals surface area contributed by atoms with Gasteiger partial charge in [0.1, 0.15) is 0 Å². The third-order valence-corrected chi connectivity index (χ3v) is 6.39. The van der Waals surface area contributed by atoms with Gasteiger partial charge in [-0.25, -0.2) is 14.4 Å². The summed E-state index contributed by atoms with van der Waals surface area (Å²) in [6.45, 7) is 3.66. The number of amides is 1. The fourth-order valence-corrected chi connectivity index (χ4v) is 4.17. The van der Waals surface area contributed by atoms with Crippen molar-refractivity contribution in [3.8, 4) is 0 Å². The first-order valence-corrected chi connectivity index (χ1v) is 12.8. The monoisotopic (exact) mass is 678 g/mol. The van der Waals surface area contributed by atoms with Crippen LogP contribution in [0.2, 0.25) is 0 Å². The lowest BCUT2D eigenvalue weighted by atomic mass is 9.84. The minimum atomic E-state index is -5.08. The van der Waals surface area contributed by atoms with Gasteiger partial charge in [0, 0.05) is 56.7 Å². The number of hydrogen-bond acceptors (Lipinski definition) is 7. The molecule has 1 amide bonds. The smallest absolute Gasteiger partial charge is 0.475 e. The van der Waals surface area contributed by atoms with Crippen molar-refractivity contribution in [2.45, 2.75) is 62.8 Å². The Hall–Kier alpha value is -4.49. The predicted molar refractivity (Wildman–Crippen MR) is 137 cm³/mol. The Morgan fingerprint density at radius 1 is 0.717 bits per heavy atom. The lowest BCUT2D eigenvalue weighted by Crippen LogP contribution is -2.52. The van der Waals surface area contributed by atoms with Gasteiger partial charge < -0.3 is 20.2 Å². The molecule has 0 saturated carbocycles. The first-order chi connectivity index (χ1) is 21.1. The van der Waals surface area contributed by atoms with E-state index in [9.17, 15) is 44.3 Å². The van der Waals surface area contributed by atoms with Crippen LogP contribution in [0.5, 0.6) is 0 Å². The highest BCUT2D eigenvalue weighted by molar-refractivity contribution is 5.79. The Balaban J connectivity index is 0.000000413. The summed E-state index contributed by atoms with van der Waals surface area (Å²) in [6.07, 6.45) is -6.00. The van der Waals surface area contributed by atoms with E-state index in [4.69, 9.17) is 29.7 Å². The van der Waals surface area contributed by atoms with Gasteiger partial charge in [0.2, 0.25) is 5.91 Å². The molecular formula is C26H27F9N4O7. The Labute approximate surface area is 254 Å². The van der Waals surface area contributed by atoms with Crippen LogP contribution in [0.3, 0.4) is 0 Å². The molecule has 0 aromatic carbocycles. The zero-order valence-corrected chi connectivity index (χ0v) is 23.4. The molecule has 2 aliphatic heterocycles. The van der Waals surface area contributed by atoms with Gasteiger partial charge >= 0.3 is 36.4 Å². The number of alkyl halides is 9. The van der Waals surface area contributed by atoms with E-state index in [0.717, 1.165) is 44.6 Å². The Bertz CT molecular complexity index is 1230. The molecule has 4 rings (SSSR count). The molecule has 0 atom stereocenters. The summed E-state index contributed by atoms with van der Waals surface area (Å²) in [5.41, 5.74) is 2.33. The van der Waals surface area contributed by atoms with Crippen molar-refractivity contribution in [3.05, 3.63) is 60.2 Å². The van der Waals surface area contributed by atoms with E-state index < -0.39 is 36.4 Å².